The van der Waals surface area contributed by atoms with Crippen LogP contribution in [0.25, 0.3) is 0 Å². The van der Waals surface area contributed by atoms with Crippen molar-refractivity contribution >= 4 is 19.8 Å². The molecule has 0 aromatic carbocycles. The summed E-state index contributed by atoms with van der Waals surface area (Å²) in [5.41, 5.74) is 5.43. The summed E-state index contributed by atoms with van der Waals surface area (Å²) >= 11 is 0. The number of carbonyl (C=O) groups excluding carboxylic acids is 2. The van der Waals surface area contributed by atoms with Crippen LogP contribution in [-0.4, -0.2) is 49.3 Å². The number of carbonyl (C=O) groups is 2. The Balaban J connectivity index is 3.68. The summed E-state index contributed by atoms with van der Waals surface area (Å²) in [5, 5.41) is 0. The van der Waals surface area contributed by atoms with E-state index in [-0.39, 0.29) is 38.6 Å². The fraction of sp³-hybridized carbons (Fsp3) is 0.933. The molecule has 0 aromatic rings. The number of phosphoric acid groups is 1. The zero-order chi connectivity index (χ0) is 71.5. The topological polar surface area (TPSA) is 134 Å². The first-order valence-electron chi connectivity index (χ1n) is 44.8. The normalized spacial score (nSPS) is 12.8. The third-order valence-electron chi connectivity index (χ3n) is 20.8. The molecule has 0 aliphatic carbocycles. The van der Waals surface area contributed by atoms with Crippen LogP contribution in [0.15, 0.2) is 24.3 Å². The van der Waals surface area contributed by atoms with Crippen LogP contribution in [0.2, 0.25) is 0 Å². The Kier molecular flexibility index (Phi) is 84.1. The Morgan fingerprint density at radius 1 is 0.303 bits per heavy atom. The Hall–Kier alpha value is -1.51. The molecular weight excluding hydrogens is 1240 g/mol. The van der Waals surface area contributed by atoms with Gasteiger partial charge in [0.15, 0.2) is 6.10 Å². The van der Waals surface area contributed by atoms with Crippen LogP contribution < -0.4 is 5.73 Å². The molecule has 0 aromatic heterocycles. The van der Waals surface area contributed by atoms with E-state index in [1.165, 1.54) is 430 Å². The highest BCUT2D eigenvalue weighted by molar-refractivity contribution is 7.47. The average Bonchev–Trinajstić information content (AvgIpc) is 1.19. The van der Waals surface area contributed by atoms with Crippen molar-refractivity contribution in [2.45, 2.75) is 508 Å². The molecule has 588 valence electrons. The van der Waals surface area contributed by atoms with Crippen molar-refractivity contribution in [3.63, 3.8) is 0 Å². The van der Waals surface area contributed by atoms with E-state index in [0.717, 1.165) is 38.5 Å². The number of phosphoric ester groups is 1. The summed E-state index contributed by atoms with van der Waals surface area (Å²) < 4.78 is 33.4. The van der Waals surface area contributed by atoms with Gasteiger partial charge in [-0.05, 0) is 44.9 Å². The molecule has 2 unspecified atom stereocenters. The highest BCUT2D eigenvalue weighted by atomic mass is 31.2. The second-order valence-electron chi connectivity index (χ2n) is 30.8. The Morgan fingerprint density at radius 3 is 0.768 bits per heavy atom. The van der Waals surface area contributed by atoms with E-state index in [1.54, 1.807) is 0 Å². The molecule has 99 heavy (non-hydrogen) atoms. The molecule has 3 N–H and O–H groups in total. The summed E-state index contributed by atoms with van der Waals surface area (Å²) in [6.07, 6.45) is 110. The van der Waals surface area contributed by atoms with Crippen molar-refractivity contribution < 1.29 is 37.6 Å². The van der Waals surface area contributed by atoms with Crippen LogP contribution in [-0.2, 0) is 32.7 Å². The third-order valence-corrected chi connectivity index (χ3v) is 21.8. The molecule has 10 heteroatoms. The van der Waals surface area contributed by atoms with Gasteiger partial charge in [0.05, 0.1) is 13.2 Å². The molecule has 9 nitrogen and oxygen atoms in total. The van der Waals surface area contributed by atoms with Gasteiger partial charge in [-0.1, -0.05) is 468 Å². The maximum Gasteiger partial charge on any atom is 0.472 e. The van der Waals surface area contributed by atoms with E-state index in [9.17, 15) is 19.0 Å². The average molecular weight is 1420 g/mol. The molecule has 0 spiro atoms. The molecule has 0 amide bonds. The first kappa shape index (κ1) is 97.5. The summed E-state index contributed by atoms with van der Waals surface area (Å²) in [6, 6.07) is 0. The summed E-state index contributed by atoms with van der Waals surface area (Å²) in [5.74, 6) is -0.794. The van der Waals surface area contributed by atoms with Crippen LogP contribution in [0.3, 0.4) is 0 Å². The number of ether oxygens (including phenoxy) is 2. The molecule has 0 aliphatic heterocycles. The molecular formula is C89H174NO8P. The smallest absolute Gasteiger partial charge is 0.462 e. The van der Waals surface area contributed by atoms with Crippen molar-refractivity contribution in [1.82, 2.24) is 0 Å². The number of allylic oxidation sites excluding steroid dienone is 4. The molecule has 0 aliphatic rings. The zero-order valence-corrected chi connectivity index (χ0v) is 67.7. The van der Waals surface area contributed by atoms with E-state index in [1.807, 2.05) is 0 Å². The highest BCUT2D eigenvalue weighted by Gasteiger charge is 2.26. The van der Waals surface area contributed by atoms with Crippen LogP contribution in [0.4, 0.5) is 0 Å². The minimum Gasteiger partial charge on any atom is -0.462 e. The number of unbranched alkanes of at least 4 members (excludes halogenated alkanes) is 70. The second kappa shape index (κ2) is 85.4. The van der Waals surface area contributed by atoms with Crippen molar-refractivity contribution in [3.8, 4) is 0 Å². The van der Waals surface area contributed by atoms with E-state index >= 15 is 0 Å². The largest absolute Gasteiger partial charge is 0.472 e. The Morgan fingerprint density at radius 2 is 0.525 bits per heavy atom. The van der Waals surface area contributed by atoms with Gasteiger partial charge in [-0.3, -0.25) is 18.6 Å². The fourth-order valence-electron chi connectivity index (χ4n) is 14.2. The zero-order valence-electron chi connectivity index (χ0n) is 66.8. The van der Waals surface area contributed by atoms with Crippen LogP contribution in [0, 0.1) is 0 Å². The van der Waals surface area contributed by atoms with Gasteiger partial charge in [0.25, 0.3) is 0 Å². The van der Waals surface area contributed by atoms with Gasteiger partial charge in [0.2, 0.25) is 0 Å². The van der Waals surface area contributed by atoms with E-state index in [2.05, 4.69) is 38.2 Å². The maximum atomic E-state index is 12.8. The van der Waals surface area contributed by atoms with Crippen molar-refractivity contribution in [3.05, 3.63) is 24.3 Å². The van der Waals surface area contributed by atoms with E-state index in [4.69, 9.17) is 24.3 Å². The van der Waals surface area contributed by atoms with Crippen LogP contribution in [0.5, 0.6) is 0 Å². The summed E-state index contributed by atoms with van der Waals surface area (Å²) in [7, 11) is -4.39. The lowest BCUT2D eigenvalue weighted by atomic mass is 10.0. The van der Waals surface area contributed by atoms with Crippen molar-refractivity contribution in [2.24, 2.45) is 5.73 Å². The van der Waals surface area contributed by atoms with Gasteiger partial charge in [0, 0.05) is 19.4 Å². The number of rotatable bonds is 87. The molecule has 0 bridgehead atoms. The summed E-state index contributed by atoms with van der Waals surface area (Å²) in [6.45, 7) is 3.84. The van der Waals surface area contributed by atoms with Gasteiger partial charge in [-0.2, -0.15) is 0 Å². The number of hydrogen-bond acceptors (Lipinski definition) is 8. The quantitative estimate of drug-likeness (QED) is 0.0264. The number of esters is 2. The lowest BCUT2D eigenvalue weighted by molar-refractivity contribution is -0.161. The molecule has 0 fully saturated rings. The lowest BCUT2D eigenvalue weighted by Crippen LogP contribution is -2.29. The second-order valence-corrected chi connectivity index (χ2v) is 32.3. The minimum absolute atomic E-state index is 0.0580. The van der Waals surface area contributed by atoms with Gasteiger partial charge >= 0.3 is 19.8 Å². The lowest BCUT2D eigenvalue weighted by Gasteiger charge is -2.19. The Labute approximate surface area is 618 Å². The predicted octanol–water partition coefficient (Wildman–Crippen LogP) is 30.3. The first-order valence-corrected chi connectivity index (χ1v) is 46.3. The maximum absolute atomic E-state index is 12.8. The van der Waals surface area contributed by atoms with Crippen molar-refractivity contribution in [2.75, 3.05) is 26.4 Å². The Bertz CT molecular complexity index is 1670. The van der Waals surface area contributed by atoms with Gasteiger partial charge in [-0.25, -0.2) is 4.57 Å². The number of hydrogen-bond donors (Lipinski definition) is 2. The highest BCUT2D eigenvalue weighted by Crippen LogP contribution is 2.43. The SMILES string of the molecule is CCCCCCC/C=C\C/C=C\CCCCCCCCCCCCCCCCCCCCCCCCCCCCCCCC(=O)OC(COC(=O)CCCCCCCCCCCCCCCCCCCCCCCCCCCCCCCCCCCCCCC)COP(=O)(O)OCCN. The van der Waals surface area contributed by atoms with E-state index < -0.39 is 26.5 Å². The van der Waals surface area contributed by atoms with Gasteiger partial charge < -0.3 is 20.1 Å². The predicted molar refractivity (Wildman–Crippen MR) is 432 cm³/mol. The third kappa shape index (κ3) is 85.3. The summed E-state index contributed by atoms with van der Waals surface area (Å²) in [4.78, 5) is 35.5. The molecule has 0 radical (unpaired) electrons. The van der Waals surface area contributed by atoms with Crippen molar-refractivity contribution in [1.29, 1.82) is 0 Å². The standard InChI is InChI=1S/C89H174NO8P/c1-3-5-7-9-11-13-15-17-19-21-23-25-27-29-31-33-35-37-39-41-42-43-44-46-48-50-52-54-56-58-60-62-64-66-68-70-72-74-76-78-80-82-89(92)98-87(86-97-99(93,94)96-84-83-90)85-95-88(91)81-79-77-75-73-71-69-67-65-63-61-59-57-55-53-51-49-47-45-40-38-36-34-32-30-28-26-24-22-20-18-16-14-12-10-8-6-4-2/h15,17,21,23,87H,3-14,16,18-20,22,24-86,90H2,1-2H3,(H,93,94)/b17-15-,23-21-. The molecule has 0 heterocycles. The number of nitrogens with two attached hydrogens (primary N) is 1. The van der Waals surface area contributed by atoms with E-state index in [0.29, 0.717) is 6.42 Å². The molecule has 0 saturated carbocycles. The molecule has 0 rings (SSSR count). The van der Waals surface area contributed by atoms with Crippen LogP contribution in [0.1, 0.15) is 502 Å². The minimum atomic E-state index is -4.39. The molecule has 0 saturated heterocycles. The van der Waals surface area contributed by atoms with Crippen LogP contribution >= 0.6 is 7.82 Å². The van der Waals surface area contributed by atoms with Gasteiger partial charge in [0.1, 0.15) is 6.61 Å². The fourth-order valence-corrected chi connectivity index (χ4v) is 15.0. The molecule has 2 atom stereocenters. The monoisotopic (exact) mass is 1420 g/mol. The van der Waals surface area contributed by atoms with Gasteiger partial charge in [-0.15, -0.1) is 0 Å². The first-order chi connectivity index (χ1) is 48.8.